The van der Waals surface area contributed by atoms with Gasteiger partial charge in [0.15, 0.2) is 18.1 Å². The van der Waals surface area contributed by atoms with Crippen LogP contribution in [-0.4, -0.2) is 23.3 Å². The molecule has 0 aliphatic rings. The van der Waals surface area contributed by atoms with Crippen LogP contribution in [0.2, 0.25) is 0 Å². The number of nitrogen functional groups attached to an aromatic ring is 1. The maximum absolute atomic E-state index is 11.9. The Bertz CT molecular complexity index is 748. The molecule has 2 aromatic carbocycles. The quantitative estimate of drug-likeness (QED) is 0.209. The van der Waals surface area contributed by atoms with Crippen LogP contribution in [0.1, 0.15) is 20.7 Å². The number of hydrogen-bond acceptors (Lipinski definition) is 6. The Morgan fingerprint density at radius 1 is 1.26 bits per heavy atom. The SMILES string of the molecule is Nc1ccccc1C(=O)OCC(=O)c1cc[c-]c([N+](=O)[O-])c1.[Y]. The summed E-state index contributed by atoms with van der Waals surface area (Å²) in [5.74, 6) is -1.29. The Morgan fingerprint density at radius 3 is 2.61 bits per heavy atom. The number of para-hydroxylation sites is 1. The average molecular weight is 388 g/mol. The fourth-order valence-corrected chi connectivity index (χ4v) is 1.71. The molecule has 1 radical (unpaired) electrons. The molecule has 7 nitrogen and oxygen atoms in total. The first-order valence-corrected chi connectivity index (χ1v) is 6.20. The molecule has 115 valence electrons. The third-order valence-corrected chi connectivity index (χ3v) is 2.82. The molecule has 0 aliphatic carbocycles. The van der Waals surface area contributed by atoms with E-state index >= 15 is 0 Å². The van der Waals surface area contributed by atoms with E-state index in [0.29, 0.717) is 0 Å². The number of hydrogen-bond donors (Lipinski definition) is 1. The van der Waals surface area contributed by atoms with Gasteiger partial charge in [-0.2, -0.15) is 12.1 Å². The number of carbonyl (C=O) groups excluding carboxylic acids is 2. The van der Waals surface area contributed by atoms with E-state index in [9.17, 15) is 19.7 Å². The van der Waals surface area contributed by atoms with Crippen molar-refractivity contribution in [3.05, 3.63) is 69.8 Å². The number of nitro benzene ring substituents is 1. The summed E-state index contributed by atoms with van der Waals surface area (Å²) in [5, 5.41) is 10.6. The summed E-state index contributed by atoms with van der Waals surface area (Å²) in [4.78, 5) is 33.7. The summed E-state index contributed by atoms with van der Waals surface area (Å²) in [6.07, 6.45) is 0. The molecule has 0 fully saturated rings. The van der Waals surface area contributed by atoms with Gasteiger partial charge >= 0.3 is 5.97 Å². The van der Waals surface area contributed by atoms with Gasteiger partial charge in [-0.1, -0.05) is 23.8 Å². The molecule has 0 unspecified atom stereocenters. The molecule has 2 aromatic rings. The Kier molecular flexibility index (Phi) is 7.00. The van der Waals surface area contributed by atoms with E-state index in [1.54, 1.807) is 12.1 Å². The molecule has 0 spiro atoms. The summed E-state index contributed by atoms with van der Waals surface area (Å²) in [7, 11) is 0. The summed E-state index contributed by atoms with van der Waals surface area (Å²) < 4.78 is 4.88. The van der Waals surface area contributed by atoms with Crippen molar-refractivity contribution in [1.82, 2.24) is 0 Å². The molecular weight excluding hydrogens is 377 g/mol. The van der Waals surface area contributed by atoms with E-state index in [0.717, 1.165) is 6.07 Å². The molecule has 0 heterocycles. The molecule has 0 atom stereocenters. The van der Waals surface area contributed by atoms with Crippen LogP contribution < -0.4 is 5.73 Å². The second-order valence-electron chi connectivity index (χ2n) is 4.31. The molecular formula is C15H11N2O5Y-. The minimum absolute atomic E-state index is 0. The number of anilines is 1. The van der Waals surface area contributed by atoms with Crippen molar-refractivity contribution in [3.8, 4) is 0 Å². The van der Waals surface area contributed by atoms with E-state index < -0.39 is 23.3 Å². The average Bonchev–Trinajstić information content (AvgIpc) is 2.52. The zero-order valence-corrected chi connectivity index (χ0v) is 14.7. The predicted octanol–water partition coefficient (Wildman–Crippen LogP) is 2.01. The first-order chi connectivity index (χ1) is 10.5. The van der Waals surface area contributed by atoms with Gasteiger partial charge in [0.25, 0.3) is 0 Å². The first-order valence-electron chi connectivity index (χ1n) is 6.20. The second-order valence-corrected chi connectivity index (χ2v) is 4.31. The van der Waals surface area contributed by atoms with E-state index in [1.807, 2.05) is 0 Å². The number of nitrogens with two attached hydrogens (primary N) is 1. The van der Waals surface area contributed by atoms with Gasteiger partial charge in [0.1, 0.15) is 0 Å². The second kappa shape index (κ2) is 8.50. The number of carbonyl (C=O) groups is 2. The van der Waals surface area contributed by atoms with E-state index in [1.165, 1.54) is 24.3 Å². The van der Waals surface area contributed by atoms with Gasteiger partial charge in [-0.15, -0.1) is 6.07 Å². The number of ketones is 1. The van der Waals surface area contributed by atoms with Gasteiger partial charge < -0.3 is 10.5 Å². The summed E-state index contributed by atoms with van der Waals surface area (Å²) in [6, 6.07) is 12.4. The molecule has 0 aliphatic heterocycles. The minimum Gasteiger partial charge on any atom is -0.454 e. The van der Waals surface area contributed by atoms with Gasteiger partial charge in [-0.25, -0.2) is 4.79 Å². The molecule has 8 heteroatoms. The van der Waals surface area contributed by atoms with Crippen LogP contribution in [0, 0.1) is 16.2 Å². The standard InChI is InChI=1S/C15H11N2O5.Y/c16-13-7-2-1-6-12(13)15(19)22-9-14(18)10-4-3-5-11(8-10)17(20)21;/h1-4,6-8H,9,16H2;/q-1;. The number of Topliss-reactive ketones (excluding diaryl/α,β-unsaturated/α-hetero) is 1. The van der Waals surface area contributed by atoms with Gasteiger partial charge in [-0.3, -0.25) is 14.9 Å². The van der Waals surface area contributed by atoms with Crippen molar-refractivity contribution in [2.24, 2.45) is 0 Å². The number of nitrogens with zero attached hydrogens (tertiary/aromatic N) is 1. The van der Waals surface area contributed by atoms with Crippen molar-refractivity contribution in [3.63, 3.8) is 0 Å². The summed E-state index contributed by atoms with van der Waals surface area (Å²) in [6.45, 7) is -0.533. The first kappa shape index (κ1) is 18.9. The van der Waals surface area contributed by atoms with Gasteiger partial charge in [0.05, 0.1) is 5.56 Å². The van der Waals surface area contributed by atoms with Crippen LogP contribution >= 0.6 is 0 Å². The smallest absolute Gasteiger partial charge is 0.340 e. The van der Waals surface area contributed by atoms with Crippen LogP contribution in [0.25, 0.3) is 0 Å². The van der Waals surface area contributed by atoms with Gasteiger partial charge in [0.2, 0.25) is 0 Å². The van der Waals surface area contributed by atoms with Crippen molar-refractivity contribution < 1.29 is 52.0 Å². The monoisotopic (exact) mass is 388 g/mol. The fourth-order valence-electron chi connectivity index (χ4n) is 1.71. The molecule has 2 rings (SSSR count). The van der Waals surface area contributed by atoms with E-state index in [-0.39, 0.29) is 55.2 Å². The number of benzene rings is 2. The number of ether oxygens (including phenoxy) is 1. The van der Waals surface area contributed by atoms with Crippen LogP contribution in [0.15, 0.2) is 42.5 Å². The maximum atomic E-state index is 11.9. The molecule has 0 saturated heterocycles. The molecule has 0 amide bonds. The normalized spacial score (nSPS) is 9.57. The van der Waals surface area contributed by atoms with Crippen molar-refractivity contribution >= 4 is 23.1 Å². The summed E-state index contributed by atoms with van der Waals surface area (Å²) >= 11 is 0. The topological polar surface area (TPSA) is 113 Å². The molecule has 2 N–H and O–H groups in total. The van der Waals surface area contributed by atoms with E-state index in [4.69, 9.17) is 10.5 Å². The molecule has 0 aromatic heterocycles. The Balaban J connectivity index is 0.00000264. The largest absolute Gasteiger partial charge is 0.454 e. The van der Waals surface area contributed by atoms with Crippen molar-refractivity contribution in [2.45, 2.75) is 0 Å². The zero-order chi connectivity index (χ0) is 16.1. The van der Waals surface area contributed by atoms with Crippen molar-refractivity contribution in [2.75, 3.05) is 12.3 Å². The molecule has 23 heavy (non-hydrogen) atoms. The fraction of sp³-hybridized carbons (Fsp3) is 0.0667. The predicted molar refractivity (Wildman–Crippen MR) is 77.4 cm³/mol. The minimum atomic E-state index is -0.733. The van der Waals surface area contributed by atoms with Crippen molar-refractivity contribution in [1.29, 1.82) is 0 Å². The molecule has 0 bridgehead atoms. The van der Waals surface area contributed by atoms with Gasteiger partial charge in [-0.05, 0) is 12.1 Å². The third kappa shape index (κ3) is 4.94. The number of rotatable bonds is 5. The number of non-ortho nitro benzene ring substituents is 1. The zero-order valence-electron chi connectivity index (χ0n) is 11.9. The van der Waals surface area contributed by atoms with Crippen LogP contribution in [-0.2, 0) is 37.4 Å². The Morgan fingerprint density at radius 2 is 1.96 bits per heavy atom. The summed E-state index contributed by atoms with van der Waals surface area (Å²) in [5.41, 5.74) is 5.76. The Labute approximate surface area is 156 Å². The third-order valence-electron chi connectivity index (χ3n) is 2.82. The maximum Gasteiger partial charge on any atom is 0.340 e. The van der Waals surface area contributed by atoms with Crippen LogP contribution in [0.5, 0.6) is 0 Å². The molecule has 0 saturated carbocycles. The Hall–Kier alpha value is -2.12. The number of nitro groups is 1. The van der Waals surface area contributed by atoms with Gasteiger partial charge in [0, 0.05) is 43.3 Å². The number of esters is 1. The van der Waals surface area contributed by atoms with E-state index in [2.05, 4.69) is 6.07 Å². The van der Waals surface area contributed by atoms with Crippen LogP contribution in [0.3, 0.4) is 0 Å². The van der Waals surface area contributed by atoms with Crippen LogP contribution in [0.4, 0.5) is 11.4 Å².